The Bertz CT molecular complexity index is 460. The van der Waals surface area contributed by atoms with Gasteiger partial charge in [-0.3, -0.25) is 14.9 Å². The summed E-state index contributed by atoms with van der Waals surface area (Å²) in [6, 6.07) is 5.87. The minimum absolute atomic E-state index is 0.0256. The third-order valence-electron chi connectivity index (χ3n) is 2.59. The van der Waals surface area contributed by atoms with E-state index in [9.17, 15) is 20.0 Å². The Kier molecular flexibility index (Phi) is 5.44. The Morgan fingerprint density at radius 2 is 2.16 bits per heavy atom. The fourth-order valence-corrected chi connectivity index (χ4v) is 1.86. The quantitative estimate of drug-likeness (QED) is 0.601. The molecule has 6 heteroatoms. The minimum Gasteiger partial charge on any atom is -0.393 e. The van der Waals surface area contributed by atoms with Crippen LogP contribution in [0.3, 0.4) is 0 Å². The maximum Gasteiger partial charge on any atom is 0.269 e. The van der Waals surface area contributed by atoms with Crippen molar-refractivity contribution in [3.63, 3.8) is 0 Å². The van der Waals surface area contributed by atoms with E-state index in [2.05, 4.69) is 5.32 Å². The van der Waals surface area contributed by atoms with E-state index in [4.69, 9.17) is 0 Å². The van der Waals surface area contributed by atoms with Crippen LogP contribution in [0.2, 0.25) is 0 Å². The third kappa shape index (κ3) is 5.48. The summed E-state index contributed by atoms with van der Waals surface area (Å²) in [7, 11) is 0. The Balaban J connectivity index is 2.57. The zero-order valence-corrected chi connectivity index (χ0v) is 11.0. The molecular weight excluding hydrogens is 248 g/mol. The number of aliphatic hydroxyl groups is 1. The van der Waals surface area contributed by atoms with E-state index in [0.29, 0.717) is 12.0 Å². The van der Waals surface area contributed by atoms with E-state index < -0.39 is 11.0 Å². The van der Waals surface area contributed by atoms with E-state index in [-0.39, 0.29) is 24.1 Å². The van der Waals surface area contributed by atoms with Gasteiger partial charge in [0.2, 0.25) is 5.91 Å². The predicted molar refractivity (Wildman–Crippen MR) is 70.7 cm³/mol. The number of rotatable bonds is 6. The van der Waals surface area contributed by atoms with Crippen LogP contribution in [0.5, 0.6) is 0 Å². The third-order valence-corrected chi connectivity index (χ3v) is 2.59. The molecule has 1 amide bonds. The molecule has 0 aliphatic rings. The Hall–Kier alpha value is -1.95. The Morgan fingerprint density at radius 3 is 2.74 bits per heavy atom. The van der Waals surface area contributed by atoms with E-state index >= 15 is 0 Å². The first-order valence-electron chi connectivity index (χ1n) is 6.09. The molecule has 0 spiro atoms. The lowest BCUT2D eigenvalue weighted by Gasteiger charge is -2.15. The van der Waals surface area contributed by atoms with Gasteiger partial charge in [-0.15, -0.1) is 0 Å². The summed E-state index contributed by atoms with van der Waals surface area (Å²) in [5, 5.41) is 22.6. The lowest BCUT2D eigenvalue weighted by molar-refractivity contribution is -0.384. The van der Waals surface area contributed by atoms with Gasteiger partial charge in [-0.25, -0.2) is 0 Å². The van der Waals surface area contributed by atoms with Crippen LogP contribution in [-0.4, -0.2) is 28.1 Å². The SMILES string of the molecule is CC(O)CC(C)NC(=O)Cc1cccc([N+](=O)[O-])c1. The van der Waals surface area contributed by atoms with Crippen LogP contribution >= 0.6 is 0 Å². The first-order valence-corrected chi connectivity index (χ1v) is 6.09. The number of nitro benzene ring substituents is 1. The summed E-state index contributed by atoms with van der Waals surface area (Å²) in [4.78, 5) is 21.8. The second-order valence-corrected chi connectivity index (χ2v) is 4.66. The molecule has 0 bridgehead atoms. The van der Waals surface area contributed by atoms with Crippen molar-refractivity contribution in [3.8, 4) is 0 Å². The monoisotopic (exact) mass is 266 g/mol. The van der Waals surface area contributed by atoms with Crippen LogP contribution in [0.25, 0.3) is 0 Å². The first kappa shape index (κ1) is 15.1. The number of amides is 1. The lowest BCUT2D eigenvalue weighted by Crippen LogP contribution is -2.35. The standard InChI is InChI=1S/C13H18N2O4/c1-9(6-10(2)16)14-13(17)8-11-4-3-5-12(7-11)15(18)19/h3-5,7,9-10,16H,6,8H2,1-2H3,(H,14,17). The number of nitrogens with one attached hydrogen (secondary N) is 1. The van der Waals surface area contributed by atoms with Gasteiger partial charge in [-0.2, -0.15) is 0 Å². The van der Waals surface area contributed by atoms with Gasteiger partial charge in [0.15, 0.2) is 0 Å². The minimum atomic E-state index is -0.489. The van der Waals surface area contributed by atoms with Crippen LogP contribution in [0.1, 0.15) is 25.8 Å². The number of nitrogens with zero attached hydrogens (tertiary/aromatic N) is 1. The van der Waals surface area contributed by atoms with Gasteiger partial charge in [-0.1, -0.05) is 12.1 Å². The van der Waals surface area contributed by atoms with Gasteiger partial charge in [0.05, 0.1) is 17.4 Å². The fraction of sp³-hybridized carbons (Fsp3) is 0.462. The predicted octanol–water partition coefficient (Wildman–Crippen LogP) is 1.41. The van der Waals surface area contributed by atoms with E-state index in [1.165, 1.54) is 12.1 Å². The summed E-state index contributed by atoms with van der Waals surface area (Å²) in [6.07, 6.45) is 0.0834. The maximum atomic E-state index is 11.7. The Labute approximate surface area is 111 Å². The van der Waals surface area contributed by atoms with Crippen molar-refractivity contribution in [2.24, 2.45) is 0 Å². The molecule has 0 fully saturated rings. The summed E-state index contributed by atoms with van der Waals surface area (Å²) in [5.41, 5.74) is 0.568. The number of carbonyl (C=O) groups is 1. The molecule has 6 nitrogen and oxygen atoms in total. The van der Waals surface area contributed by atoms with Crippen molar-refractivity contribution in [1.82, 2.24) is 5.32 Å². The lowest BCUT2D eigenvalue weighted by atomic mass is 10.1. The van der Waals surface area contributed by atoms with E-state index in [0.717, 1.165) is 0 Å². The van der Waals surface area contributed by atoms with Crippen molar-refractivity contribution in [2.75, 3.05) is 0 Å². The van der Waals surface area contributed by atoms with Crippen LogP contribution in [-0.2, 0) is 11.2 Å². The fourth-order valence-electron chi connectivity index (χ4n) is 1.86. The zero-order valence-electron chi connectivity index (χ0n) is 11.0. The number of non-ortho nitro benzene ring substituents is 1. The molecule has 1 rings (SSSR count). The molecule has 0 heterocycles. The molecule has 1 aromatic rings. The van der Waals surface area contributed by atoms with Crippen LogP contribution < -0.4 is 5.32 Å². The number of hydrogen-bond donors (Lipinski definition) is 2. The highest BCUT2D eigenvalue weighted by atomic mass is 16.6. The molecule has 0 aromatic heterocycles. The molecule has 0 aliphatic heterocycles. The molecule has 0 aliphatic carbocycles. The van der Waals surface area contributed by atoms with Gasteiger partial charge in [0.1, 0.15) is 0 Å². The van der Waals surface area contributed by atoms with Crippen molar-refractivity contribution in [3.05, 3.63) is 39.9 Å². The molecular formula is C13H18N2O4. The number of aliphatic hydroxyl groups excluding tert-OH is 1. The smallest absolute Gasteiger partial charge is 0.269 e. The van der Waals surface area contributed by atoms with Gasteiger partial charge in [-0.05, 0) is 25.8 Å². The second-order valence-electron chi connectivity index (χ2n) is 4.66. The molecule has 104 valence electrons. The number of hydrogen-bond acceptors (Lipinski definition) is 4. The van der Waals surface area contributed by atoms with Crippen molar-refractivity contribution in [2.45, 2.75) is 38.8 Å². The highest BCUT2D eigenvalue weighted by Gasteiger charge is 2.12. The normalized spacial score (nSPS) is 13.6. The average molecular weight is 266 g/mol. The molecule has 0 radical (unpaired) electrons. The largest absolute Gasteiger partial charge is 0.393 e. The van der Waals surface area contributed by atoms with Gasteiger partial charge >= 0.3 is 0 Å². The van der Waals surface area contributed by atoms with Crippen molar-refractivity contribution in [1.29, 1.82) is 0 Å². The number of carbonyl (C=O) groups excluding carboxylic acids is 1. The van der Waals surface area contributed by atoms with E-state index in [1.807, 2.05) is 0 Å². The molecule has 0 saturated heterocycles. The summed E-state index contributed by atoms with van der Waals surface area (Å²) < 4.78 is 0. The molecule has 2 atom stereocenters. The maximum absolute atomic E-state index is 11.7. The van der Waals surface area contributed by atoms with Gasteiger partial charge < -0.3 is 10.4 Å². The molecule has 2 N–H and O–H groups in total. The van der Waals surface area contributed by atoms with Crippen LogP contribution in [0.4, 0.5) is 5.69 Å². The zero-order chi connectivity index (χ0) is 14.4. The molecule has 19 heavy (non-hydrogen) atoms. The molecule has 2 unspecified atom stereocenters. The topological polar surface area (TPSA) is 92.5 Å². The molecule has 1 aromatic carbocycles. The summed E-state index contributed by atoms with van der Waals surface area (Å²) in [5.74, 6) is -0.214. The van der Waals surface area contributed by atoms with Crippen molar-refractivity contribution < 1.29 is 14.8 Å². The number of nitro groups is 1. The highest BCUT2D eigenvalue weighted by molar-refractivity contribution is 5.79. The van der Waals surface area contributed by atoms with Crippen molar-refractivity contribution >= 4 is 11.6 Å². The van der Waals surface area contributed by atoms with Crippen LogP contribution in [0, 0.1) is 10.1 Å². The Morgan fingerprint density at radius 1 is 1.47 bits per heavy atom. The highest BCUT2D eigenvalue weighted by Crippen LogP contribution is 2.13. The molecule has 0 saturated carbocycles. The van der Waals surface area contributed by atoms with Gasteiger partial charge in [0, 0.05) is 18.2 Å². The van der Waals surface area contributed by atoms with E-state index in [1.54, 1.807) is 26.0 Å². The average Bonchev–Trinajstić information content (AvgIpc) is 2.27. The second kappa shape index (κ2) is 6.84. The summed E-state index contributed by atoms with van der Waals surface area (Å²) >= 11 is 0. The van der Waals surface area contributed by atoms with Gasteiger partial charge in [0.25, 0.3) is 5.69 Å². The van der Waals surface area contributed by atoms with Crippen LogP contribution in [0.15, 0.2) is 24.3 Å². The first-order chi connectivity index (χ1) is 8.88. The summed E-state index contributed by atoms with van der Waals surface area (Å²) in [6.45, 7) is 3.46. The number of benzene rings is 1.